The number of ether oxygens (including phenoxy) is 1. The Morgan fingerprint density at radius 2 is 2.38 bits per heavy atom. The van der Waals surface area contributed by atoms with Crippen molar-refractivity contribution in [3.05, 3.63) is 30.6 Å². The van der Waals surface area contributed by atoms with Gasteiger partial charge in [-0.15, -0.1) is 5.10 Å². The predicted molar refractivity (Wildman–Crippen MR) is 49.7 cm³/mol. The van der Waals surface area contributed by atoms with Gasteiger partial charge in [0.15, 0.2) is 0 Å². The average Bonchev–Trinajstić information content (AvgIpc) is 2.80. The molecule has 2 aromatic rings. The van der Waals surface area contributed by atoms with Crippen molar-refractivity contribution in [3.8, 4) is 11.4 Å². The van der Waals surface area contributed by atoms with Crippen molar-refractivity contribution in [2.75, 3.05) is 6.61 Å². The van der Waals surface area contributed by atoms with Crippen LogP contribution in [-0.2, 0) is 4.79 Å². The molecule has 0 aliphatic carbocycles. The third kappa shape index (κ3) is 2.32. The minimum Gasteiger partial charge on any atom is -0.546 e. The van der Waals surface area contributed by atoms with Gasteiger partial charge in [-0.05, 0) is 22.6 Å². The van der Waals surface area contributed by atoms with Crippen molar-refractivity contribution < 1.29 is 14.6 Å². The molecule has 0 saturated carbocycles. The molecule has 0 aliphatic heterocycles. The number of carbonyl (C=O) groups is 1. The molecule has 0 radical (unpaired) electrons. The molecular formula is C9H7N4O3-. The number of hydrogen-bond acceptors (Lipinski definition) is 6. The zero-order chi connectivity index (χ0) is 11.4. The number of carboxylic acids is 1. The molecule has 2 rings (SSSR count). The summed E-state index contributed by atoms with van der Waals surface area (Å²) in [7, 11) is 0. The summed E-state index contributed by atoms with van der Waals surface area (Å²) >= 11 is 0. The topological polar surface area (TPSA) is 93.0 Å². The summed E-state index contributed by atoms with van der Waals surface area (Å²) in [5, 5.41) is 20.9. The van der Waals surface area contributed by atoms with Gasteiger partial charge in [0.1, 0.15) is 18.7 Å². The van der Waals surface area contributed by atoms with Crippen LogP contribution in [0, 0.1) is 0 Å². The lowest BCUT2D eigenvalue weighted by molar-refractivity contribution is -0.307. The van der Waals surface area contributed by atoms with Crippen LogP contribution in [0.1, 0.15) is 0 Å². The maximum atomic E-state index is 10.2. The second-order valence-corrected chi connectivity index (χ2v) is 2.91. The number of benzene rings is 1. The molecule has 16 heavy (non-hydrogen) atoms. The van der Waals surface area contributed by atoms with Crippen molar-refractivity contribution >= 4 is 5.97 Å². The second-order valence-electron chi connectivity index (χ2n) is 2.91. The van der Waals surface area contributed by atoms with Crippen molar-refractivity contribution in [2.45, 2.75) is 0 Å². The molecule has 0 spiro atoms. The summed E-state index contributed by atoms with van der Waals surface area (Å²) < 4.78 is 6.40. The van der Waals surface area contributed by atoms with Crippen LogP contribution < -0.4 is 9.84 Å². The highest BCUT2D eigenvalue weighted by atomic mass is 16.5. The van der Waals surface area contributed by atoms with E-state index >= 15 is 0 Å². The summed E-state index contributed by atoms with van der Waals surface area (Å²) in [5.41, 5.74) is 0.681. The molecule has 0 unspecified atom stereocenters. The predicted octanol–water partition coefficient (Wildman–Crippen LogP) is -1.21. The summed E-state index contributed by atoms with van der Waals surface area (Å²) in [4.78, 5) is 10.2. The largest absolute Gasteiger partial charge is 0.546 e. The number of tetrazole rings is 1. The fourth-order valence-corrected chi connectivity index (χ4v) is 1.14. The summed E-state index contributed by atoms with van der Waals surface area (Å²) in [6.07, 6.45) is 1.43. The highest BCUT2D eigenvalue weighted by Gasteiger charge is 2.00. The monoisotopic (exact) mass is 219 g/mol. The van der Waals surface area contributed by atoms with Crippen LogP contribution in [-0.4, -0.2) is 32.8 Å². The quantitative estimate of drug-likeness (QED) is 0.640. The van der Waals surface area contributed by atoms with E-state index < -0.39 is 12.6 Å². The van der Waals surface area contributed by atoms with Gasteiger partial charge in [0.25, 0.3) is 0 Å². The Balaban J connectivity index is 2.17. The van der Waals surface area contributed by atoms with Crippen molar-refractivity contribution in [2.24, 2.45) is 0 Å². The molecule has 0 bridgehead atoms. The minimum atomic E-state index is -1.27. The summed E-state index contributed by atoms with van der Waals surface area (Å²) in [6.45, 7) is -0.487. The molecule has 1 heterocycles. The number of aliphatic carboxylic acids is 1. The normalized spacial score (nSPS) is 10.0. The molecule has 0 saturated heterocycles. The Hall–Kier alpha value is -2.44. The van der Waals surface area contributed by atoms with Gasteiger partial charge in [-0.25, -0.2) is 4.68 Å². The van der Waals surface area contributed by atoms with E-state index in [0.29, 0.717) is 11.4 Å². The van der Waals surface area contributed by atoms with Crippen molar-refractivity contribution in [1.29, 1.82) is 0 Å². The smallest absolute Gasteiger partial charge is 0.143 e. The Labute approximate surface area is 90.3 Å². The fourth-order valence-electron chi connectivity index (χ4n) is 1.14. The van der Waals surface area contributed by atoms with Crippen LogP contribution in [0.4, 0.5) is 0 Å². The van der Waals surface area contributed by atoms with Gasteiger partial charge in [-0.1, -0.05) is 6.07 Å². The van der Waals surface area contributed by atoms with Crippen molar-refractivity contribution in [3.63, 3.8) is 0 Å². The Morgan fingerprint density at radius 1 is 1.50 bits per heavy atom. The molecule has 0 atom stereocenters. The van der Waals surface area contributed by atoms with Gasteiger partial charge in [-0.2, -0.15) is 0 Å². The van der Waals surface area contributed by atoms with Gasteiger partial charge in [0.2, 0.25) is 0 Å². The number of rotatable bonds is 4. The van der Waals surface area contributed by atoms with E-state index in [2.05, 4.69) is 15.5 Å². The van der Waals surface area contributed by atoms with Gasteiger partial charge in [-0.3, -0.25) is 0 Å². The molecule has 0 N–H and O–H groups in total. The zero-order valence-corrected chi connectivity index (χ0v) is 8.11. The number of nitrogens with zero attached hydrogens (tertiary/aromatic N) is 4. The lowest BCUT2D eigenvalue weighted by Gasteiger charge is -2.07. The lowest BCUT2D eigenvalue weighted by atomic mass is 10.3. The highest BCUT2D eigenvalue weighted by Crippen LogP contribution is 2.15. The summed E-state index contributed by atoms with van der Waals surface area (Å²) in [6, 6.07) is 6.74. The first-order valence-corrected chi connectivity index (χ1v) is 4.42. The van der Waals surface area contributed by atoms with Crippen LogP contribution in [0.25, 0.3) is 5.69 Å². The van der Waals surface area contributed by atoms with E-state index in [4.69, 9.17) is 4.74 Å². The molecule has 0 amide bonds. The summed E-state index contributed by atoms with van der Waals surface area (Å²) in [5.74, 6) is -0.856. The number of hydrogen-bond donors (Lipinski definition) is 0. The van der Waals surface area contributed by atoms with Crippen LogP contribution in [0.5, 0.6) is 5.75 Å². The third-order valence-electron chi connectivity index (χ3n) is 1.79. The maximum Gasteiger partial charge on any atom is 0.143 e. The number of carbonyl (C=O) groups excluding carboxylic acids is 1. The van der Waals surface area contributed by atoms with Gasteiger partial charge < -0.3 is 14.6 Å². The number of aromatic nitrogens is 4. The Bertz CT molecular complexity index is 483. The first-order valence-electron chi connectivity index (χ1n) is 4.42. The van der Waals surface area contributed by atoms with E-state index in [1.54, 1.807) is 24.3 Å². The maximum absolute atomic E-state index is 10.2. The molecular weight excluding hydrogens is 212 g/mol. The van der Waals surface area contributed by atoms with Crippen LogP contribution in [0.3, 0.4) is 0 Å². The van der Waals surface area contributed by atoms with E-state index in [9.17, 15) is 9.90 Å². The molecule has 7 heteroatoms. The van der Waals surface area contributed by atoms with Crippen LogP contribution in [0.15, 0.2) is 30.6 Å². The van der Waals surface area contributed by atoms with Gasteiger partial charge >= 0.3 is 0 Å². The third-order valence-corrected chi connectivity index (χ3v) is 1.79. The molecule has 0 fully saturated rings. The second kappa shape index (κ2) is 4.39. The fraction of sp³-hybridized carbons (Fsp3) is 0.111. The standard InChI is InChI=1S/C9H8N4O3/c14-9(15)5-16-8-3-1-2-7(4-8)13-6-10-11-12-13/h1-4,6H,5H2,(H,14,15)/p-1. The zero-order valence-electron chi connectivity index (χ0n) is 8.11. The van der Waals surface area contributed by atoms with E-state index in [-0.39, 0.29) is 0 Å². The highest BCUT2D eigenvalue weighted by molar-refractivity contribution is 5.66. The van der Waals surface area contributed by atoms with Gasteiger partial charge in [0.05, 0.1) is 11.7 Å². The molecule has 82 valence electrons. The number of carboxylic acid groups (broad SMARTS) is 1. The molecule has 0 aliphatic rings. The van der Waals surface area contributed by atoms with Crippen LogP contribution >= 0.6 is 0 Å². The molecule has 1 aromatic carbocycles. The van der Waals surface area contributed by atoms with Crippen molar-refractivity contribution in [1.82, 2.24) is 20.2 Å². The SMILES string of the molecule is O=C([O-])COc1cccc(-n2cnnn2)c1. The van der Waals surface area contributed by atoms with E-state index in [0.717, 1.165) is 0 Å². The lowest BCUT2D eigenvalue weighted by Crippen LogP contribution is -2.28. The first kappa shape index (κ1) is 10.1. The minimum absolute atomic E-state index is 0.414. The van der Waals surface area contributed by atoms with Gasteiger partial charge in [0, 0.05) is 6.07 Å². The Kier molecular flexibility index (Phi) is 2.77. The average molecular weight is 219 g/mol. The molecule has 7 nitrogen and oxygen atoms in total. The van der Waals surface area contributed by atoms with E-state index in [1.165, 1.54) is 11.0 Å². The van der Waals surface area contributed by atoms with E-state index in [1.807, 2.05) is 0 Å². The van der Waals surface area contributed by atoms with Crippen LogP contribution in [0.2, 0.25) is 0 Å². The first-order chi connectivity index (χ1) is 7.75. The molecule has 1 aromatic heterocycles. The Morgan fingerprint density at radius 3 is 3.06 bits per heavy atom.